The Labute approximate surface area is 281 Å². The minimum atomic E-state index is -0.860. The number of pyridine rings is 3. The zero-order valence-electron chi connectivity index (χ0n) is 27.5. The molecule has 9 rings (SSSR count). The number of hydrogen-bond acceptors (Lipinski definition) is 12. The molecule has 0 spiro atoms. The molecule has 6 aliphatic heterocycles. The van der Waals surface area contributed by atoms with Gasteiger partial charge in [-0.05, 0) is 36.4 Å². The first-order chi connectivity index (χ1) is 23.4. The average Bonchev–Trinajstić information content (AvgIpc) is 3.09. The van der Waals surface area contributed by atoms with Gasteiger partial charge in [-0.3, -0.25) is 44.2 Å². The first-order valence-electron chi connectivity index (χ1n) is 17.1. The number of rotatable bonds is 6. The fourth-order valence-corrected chi connectivity index (χ4v) is 7.09. The van der Waals surface area contributed by atoms with E-state index in [-0.39, 0.29) is 12.2 Å². The average molecular weight is 656 g/mol. The molecule has 1 unspecified atom stereocenters. The third-order valence-electron chi connectivity index (χ3n) is 9.75. The maximum absolute atomic E-state index is 13.8. The third-order valence-corrected chi connectivity index (χ3v) is 9.75. The lowest BCUT2D eigenvalue weighted by molar-refractivity contribution is -0.138. The first kappa shape index (κ1) is 32.7. The largest absolute Gasteiger partial charge is 0.480 e. The Kier molecular flexibility index (Phi) is 10.3. The Bertz CT molecular complexity index is 1570. The summed E-state index contributed by atoms with van der Waals surface area (Å²) in [6.07, 6.45) is -0.675. The number of hydrogen-bond donors (Lipinski definition) is 1. The molecule has 9 heterocycles. The summed E-state index contributed by atoms with van der Waals surface area (Å²) in [5, 5.41) is 9.48. The number of piperazine rings is 2. The van der Waals surface area contributed by atoms with Crippen molar-refractivity contribution in [1.29, 1.82) is 0 Å². The predicted molar refractivity (Wildman–Crippen MR) is 178 cm³/mol. The van der Waals surface area contributed by atoms with Gasteiger partial charge >= 0.3 is 11.9 Å². The quantitative estimate of drug-likeness (QED) is 0.386. The van der Waals surface area contributed by atoms with Crippen molar-refractivity contribution >= 4 is 11.9 Å². The molecule has 2 saturated heterocycles. The highest BCUT2D eigenvalue weighted by molar-refractivity contribution is 5.87. The predicted octanol–water partition coefficient (Wildman–Crippen LogP) is 1.38. The molecule has 13 heteroatoms. The summed E-state index contributed by atoms with van der Waals surface area (Å²) in [4.78, 5) is 53.8. The fourth-order valence-electron chi connectivity index (χ4n) is 7.09. The van der Waals surface area contributed by atoms with E-state index in [1.807, 2.05) is 35.2 Å². The van der Waals surface area contributed by atoms with Crippen LogP contribution < -0.4 is 0 Å². The molecule has 0 aliphatic carbocycles. The molecular weight excluding hydrogens is 610 g/mol. The summed E-state index contributed by atoms with van der Waals surface area (Å²) in [5.41, 5.74) is 4.61. The van der Waals surface area contributed by atoms with Crippen molar-refractivity contribution in [3.05, 3.63) is 88.8 Å². The molecule has 0 saturated carbocycles. The van der Waals surface area contributed by atoms with E-state index in [0.717, 1.165) is 88.2 Å². The molecule has 8 bridgehead atoms. The van der Waals surface area contributed by atoms with E-state index in [4.69, 9.17) is 19.7 Å². The number of carboxylic acids is 1. The number of fused-ring (bicyclic) bond motifs is 10. The van der Waals surface area contributed by atoms with E-state index in [2.05, 4.69) is 42.7 Å². The van der Waals surface area contributed by atoms with Crippen LogP contribution in [-0.4, -0.2) is 146 Å². The number of aliphatic carboxylic acids is 1. The van der Waals surface area contributed by atoms with Crippen molar-refractivity contribution in [2.45, 2.75) is 32.4 Å². The zero-order valence-corrected chi connectivity index (χ0v) is 27.5. The number of nitrogens with zero attached hydrogens (tertiary/aromatic N) is 9. The van der Waals surface area contributed by atoms with Crippen molar-refractivity contribution in [2.75, 3.05) is 85.1 Å². The van der Waals surface area contributed by atoms with E-state index in [1.54, 1.807) is 6.07 Å². The van der Waals surface area contributed by atoms with Gasteiger partial charge < -0.3 is 9.84 Å². The molecule has 3 aromatic rings. The van der Waals surface area contributed by atoms with E-state index in [9.17, 15) is 14.7 Å². The van der Waals surface area contributed by atoms with Crippen molar-refractivity contribution in [1.82, 2.24) is 44.4 Å². The van der Waals surface area contributed by atoms with Crippen LogP contribution in [0.4, 0.5) is 0 Å². The van der Waals surface area contributed by atoms with Gasteiger partial charge in [-0.2, -0.15) is 0 Å². The van der Waals surface area contributed by atoms with E-state index >= 15 is 0 Å². The normalized spacial score (nSPS) is 26.8. The second-order valence-corrected chi connectivity index (χ2v) is 13.3. The summed E-state index contributed by atoms with van der Waals surface area (Å²) in [5.74, 6) is -1.35. The van der Waals surface area contributed by atoms with E-state index < -0.39 is 18.2 Å². The summed E-state index contributed by atoms with van der Waals surface area (Å²) >= 11 is 0. The van der Waals surface area contributed by atoms with Crippen LogP contribution in [0.1, 0.15) is 45.2 Å². The number of ether oxygens (including phenoxy) is 1. The number of esters is 1. The summed E-state index contributed by atoms with van der Waals surface area (Å²) in [6.45, 7) is 13.0. The Hall–Kier alpha value is -3.85. The van der Waals surface area contributed by atoms with E-state index in [0.29, 0.717) is 45.0 Å². The number of aromatic nitrogens is 3. The number of carbonyl (C=O) groups is 2. The Balaban J connectivity index is 1.08. The van der Waals surface area contributed by atoms with Crippen LogP contribution >= 0.6 is 0 Å². The van der Waals surface area contributed by atoms with Crippen LogP contribution in [0.15, 0.2) is 54.6 Å². The Morgan fingerprint density at radius 1 is 0.646 bits per heavy atom. The standard InChI is InChI=1S/C35H45N9O4/c45-33(46)26-43-17-13-40-18-20-44(21-19-40)34(31-8-2-6-29(25-43)37-31)48-35(47)32-9-3-7-30(38-32)24-42-16-12-39-10-14-41(15-11-39)22-27-4-1-5-28(23-42)36-27/h1-9,34H,10-26H2,(H,45,46). The number of carboxylic acid groups (broad SMARTS) is 1. The van der Waals surface area contributed by atoms with Crippen molar-refractivity contribution < 1.29 is 19.4 Å². The monoisotopic (exact) mass is 655 g/mol. The SMILES string of the molecule is O=C(O)CN1CCN2CCN(CC2)C(OC(=O)c2cccc(CN3CCN4CCN(CC4)Cc4cccc(n4)C3)n2)c2cccc(n2)C1. The fraction of sp³-hybridized carbons (Fsp3) is 0.514. The molecule has 254 valence electrons. The smallest absolute Gasteiger partial charge is 0.358 e. The van der Waals surface area contributed by atoms with Gasteiger partial charge in [0.15, 0.2) is 6.23 Å². The second kappa shape index (κ2) is 15.1. The van der Waals surface area contributed by atoms with Gasteiger partial charge in [-0.15, -0.1) is 0 Å². The van der Waals surface area contributed by atoms with Gasteiger partial charge in [0.25, 0.3) is 0 Å². The van der Waals surface area contributed by atoms with Crippen LogP contribution in [0.2, 0.25) is 0 Å². The van der Waals surface area contributed by atoms with Gasteiger partial charge in [-0.25, -0.2) is 9.78 Å². The van der Waals surface area contributed by atoms with Gasteiger partial charge in [0.05, 0.1) is 35.0 Å². The van der Waals surface area contributed by atoms with Crippen molar-refractivity contribution in [3.8, 4) is 0 Å². The molecule has 13 nitrogen and oxygen atoms in total. The van der Waals surface area contributed by atoms with Gasteiger partial charge in [0.2, 0.25) is 0 Å². The highest BCUT2D eigenvalue weighted by atomic mass is 16.6. The van der Waals surface area contributed by atoms with Crippen molar-refractivity contribution in [2.24, 2.45) is 0 Å². The molecule has 0 radical (unpaired) electrons. The van der Waals surface area contributed by atoms with Crippen LogP contribution in [-0.2, 0) is 35.7 Å². The number of carbonyl (C=O) groups excluding carboxylic acids is 1. The summed E-state index contributed by atoms with van der Waals surface area (Å²) < 4.78 is 6.24. The maximum atomic E-state index is 13.8. The highest BCUT2D eigenvalue weighted by Crippen LogP contribution is 2.25. The summed E-state index contributed by atoms with van der Waals surface area (Å²) in [6, 6.07) is 17.6. The molecule has 48 heavy (non-hydrogen) atoms. The Morgan fingerprint density at radius 3 is 1.98 bits per heavy atom. The molecule has 1 N–H and O–H groups in total. The topological polar surface area (TPSA) is 122 Å². The molecular formula is C35H45N9O4. The first-order valence-corrected chi connectivity index (χ1v) is 17.1. The molecule has 3 aromatic heterocycles. The van der Waals surface area contributed by atoms with Gasteiger partial charge in [-0.1, -0.05) is 18.2 Å². The van der Waals surface area contributed by atoms with Crippen LogP contribution in [0.3, 0.4) is 0 Å². The van der Waals surface area contributed by atoms with Crippen LogP contribution in [0.25, 0.3) is 0 Å². The molecule has 2 fully saturated rings. The highest BCUT2D eigenvalue weighted by Gasteiger charge is 2.31. The molecule has 0 amide bonds. The lowest BCUT2D eigenvalue weighted by Gasteiger charge is -2.39. The van der Waals surface area contributed by atoms with E-state index in [1.165, 1.54) is 0 Å². The second-order valence-electron chi connectivity index (χ2n) is 13.3. The lowest BCUT2D eigenvalue weighted by atomic mass is 10.2. The minimum absolute atomic E-state index is 0.0520. The van der Waals surface area contributed by atoms with Crippen molar-refractivity contribution in [3.63, 3.8) is 0 Å². The molecule has 0 aromatic carbocycles. The van der Waals surface area contributed by atoms with Gasteiger partial charge in [0.1, 0.15) is 5.69 Å². The van der Waals surface area contributed by atoms with Crippen LogP contribution in [0, 0.1) is 0 Å². The maximum Gasteiger partial charge on any atom is 0.358 e. The molecule has 6 aliphatic rings. The van der Waals surface area contributed by atoms with Crippen LogP contribution in [0.5, 0.6) is 0 Å². The Morgan fingerprint density at radius 2 is 1.23 bits per heavy atom. The zero-order chi connectivity index (χ0) is 32.9. The summed E-state index contributed by atoms with van der Waals surface area (Å²) in [7, 11) is 0. The third kappa shape index (κ3) is 8.41. The molecule has 1 atom stereocenters. The lowest BCUT2D eigenvalue weighted by Crippen LogP contribution is -2.50. The van der Waals surface area contributed by atoms with Gasteiger partial charge in [0, 0.05) is 105 Å². The minimum Gasteiger partial charge on any atom is -0.480 e.